The molecule has 0 atom stereocenters. The fourth-order valence-corrected chi connectivity index (χ4v) is 1.91. The van der Waals surface area contributed by atoms with Gasteiger partial charge in [0.1, 0.15) is 5.75 Å². The van der Waals surface area contributed by atoms with E-state index in [-0.39, 0.29) is 18.8 Å². The maximum atomic E-state index is 11.8. The maximum absolute atomic E-state index is 11.8. The highest BCUT2D eigenvalue weighted by atomic mass is 16.5. The van der Waals surface area contributed by atoms with Crippen LogP contribution in [0.4, 0.5) is 0 Å². The second-order valence-corrected chi connectivity index (χ2v) is 4.67. The van der Waals surface area contributed by atoms with E-state index in [1.807, 2.05) is 30.3 Å². The molecule has 0 heterocycles. The number of carboxylic acids is 1. The maximum Gasteiger partial charge on any atom is 0.315 e. The van der Waals surface area contributed by atoms with Gasteiger partial charge in [0.05, 0.1) is 6.42 Å². The number of rotatable bonds is 6. The average Bonchev–Trinajstić information content (AvgIpc) is 2.47. The zero-order chi connectivity index (χ0) is 15.1. The molecular formula is C17H16O4. The van der Waals surface area contributed by atoms with Gasteiger partial charge in [-0.3, -0.25) is 9.59 Å². The lowest BCUT2D eigenvalue weighted by Gasteiger charge is -2.05. The number of ether oxygens (including phenoxy) is 1. The highest BCUT2D eigenvalue weighted by Gasteiger charge is 2.06. The van der Waals surface area contributed by atoms with Crippen molar-refractivity contribution in [2.75, 3.05) is 0 Å². The minimum atomic E-state index is -0.826. The molecule has 2 rings (SSSR count). The van der Waals surface area contributed by atoms with Gasteiger partial charge in [-0.1, -0.05) is 42.5 Å². The molecule has 4 heteroatoms. The number of aryl methyl sites for hydroxylation is 1. The van der Waals surface area contributed by atoms with Gasteiger partial charge in [-0.2, -0.15) is 0 Å². The Bertz CT molecular complexity index is 602. The van der Waals surface area contributed by atoms with Crippen molar-refractivity contribution in [3.05, 3.63) is 65.7 Å². The Labute approximate surface area is 123 Å². The first-order chi connectivity index (χ1) is 10.1. The number of carbonyl (C=O) groups is 2. The normalized spacial score (nSPS) is 10.1. The van der Waals surface area contributed by atoms with Crippen LogP contribution in [0, 0.1) is 0 Å². The van der Waals surface area contributed by atoms with Gasteiger partial charge in [0.15, 0.2) is 0 Å². The smallest absolute Gasteiger partial charge is 0.315 e. The second-order valence-electron chi connectivity index (χ2n) is 4.67. The van der Waals surface area contributed by atoms with Crippen molar-refractivity contribution in [1.29, 1.82) is 0 Å². The third kappa shape index (κ3) is 5.10. The summed E-state index contributed by atoms with van der Waals surface area (Å²) in [6.45, 7) is 0. The van der Waals surface area contributed by atoms with E-state index in [4.69, 9.17) is 9.84 Å². The summed E-state index contributed by atoms with van der Waals surface area (Å²) >= 11 is 0. The number of carboxylic acid groups (broad SMARTS) is 1. The molecule has 0 aliphatic rings. The molecule has 0 unspecified atom stereocenters. The van der Waals surface area contributed by atoms with Crippen LogP contribution < -0.4 is 4.74 Å². The lowest BCUT2D eigenvalue weighted by molar-refractivity contribution is -0.137. The minimum Gasteiger partial charge on any atom is -0.481 e. The van der Waals surface area contributed by atoms with Crippen LogP contribution >= 0.6 is 0 Å². The zero-order valence-corrected chi connectivity index (χ0v) is 11.5. The summed E-state index contributed by atoms with van der Waals surface area (Å²) in [7, 11) is 0. The first kappa shape index (κ1) is 14.8. The molecule has 4 nitrogen and oxygen atoms in total. The Balaban J connectivity index is 1.88. The Morgan fingerprint density at radius 3 is 2.19 bits per heavy atom. The molecule has 0 spiro atoms. The van der Waals surface area contributed by atoms with E-state index in [2.05, 4.69) is 0 Å². The lowest BCUT2D eigenvalue weighted by atomic mass is 10.1. The third-order valence-corrected chi connectivity index (χ3v) is 2.97. The predicted molar refractivity (Wildman–Crippen MR) is 78.2 cm³/mol. The SMILES string of the molecule is O=C(O)CCc1ccc(OC(=O)Cc2ccccc2)cc1. The molecule has 2 aromatic carbocycles. The van der Waals surface area contributed by atoms with E-state index in [9.17, 15) is 9.59 Å². The summed E-state index contributed by atoms with van der Waals surface area (Å²) in [4.78, 5) is 22.3. The fourth-order valence-electron chi connectivity index (χ4n) is 1.91. The monoisotopic (exact) mass is 284 g/mol. The molecule has 0 aliphatic heterocycles. The molecule has 0 aliphatic carbocycles. The van der Waals surface area contributed by atoms with Crippen LogP contribution in [0.3, 0.4) is 0 Å². The summed E-state index contributed by atoms with van der Waals surface area (Å²) in [5.74, 6) is -0.678. The highest BCUT2D eigenvalue weighted by molar-refractivity contribution is 5.75. The summed E-state index contributed by atoms with van der Waals surface area (Å²) < 4.78 is 5.24. The fraction of sp³-hybridized carbons (Fsp3) is 0.176. The summed E-state index contributed by atoms with van der Waals surface area (Å²) in [5.41, 5.74) is 1.81. The molecule has 0 amide bonds. The molecule has 21 heavy (non-hydrogen) atoms. The number of aliphatic carboxylic acids is 1. The Morgan fingerprint density at radius 2 is 1.57 bits per heavy atom. The number of esters is 1. The summed E-state index contributed by atoms with van der Waals surface area (Å²) in [6, 6.07) is 16.3. The van der Waals surface area contributed by atoms with Crippen molar-refractivity contribution in [3.63, 3.8) is 0 Å². The lowest BCUT2D eigenvalue weighted by Crippen LogP contribution is -2.11. The Kier molecular flexibility index (Phi) is 5.10. The van der Waals surface area contributed by atoms with E-state index >= 15 is 0 Å². The van der Waals surface area contributed by atoms with Gasteiger partial charge in [0, 0.05) is 6.42 Å². The van der Waals surface area contributed by atoms with Crippen LogP contribution in [0.15, 0.2) is 54.6 Å². The van der Waals surface area contributed by atoms with Gasteiger partial charge >= 0.3 is 11.9 Å². The second kappa shape index (κ2) is 7.24. The van der Waals surface area contributed by atoms with Crippen molar-refractivity contribution in [1.82, 2.24) is 0 Å². The van der Waals surface area contributed by atoms with Crippen LogP contribution in [0.25, 0.3) is 0 Å². The number of hydrogen-bond donors (Lipinski definition) is 1. The average molecular weight is 284 g/mol. The van der Waals surface area contributed by atoms with Gasteiger partial charge in [-0.15, -0.1) is 0 Å². The summed E-state index contributed by atoms with van der Waals surface area (Å²) in [5, 5.41) is 8.62. The molecule has 0 bridgehead atoms. The molecule has 108 valence electrons. The van der Waals surface area contributed by atoms with Gasteiger partial charge in [0.25, 0.3) is 0 Å². The molecule has 0 saturated carbocycles. The molecule has 0 aromatic heterocycles. The van der Waals surface area contributed by atoms with Crippen molar-refractivity contribution in [3.8, 4) is 5.75 Å². The minimum absolute atomic E-state index is 0.0904. The molecule has 0 saturated heterocycles. The third-order valence-electron chi connectivity index (χ3n) is 2.97. The molecule has 2 aromatic rings. The zero-order valence-electron chi connectivity index (χ0n) is 11.5. The number of carbonyl (C=O) groups excluding carboxylic acids is 1. The van der Waals surface area contributed by atoms with Crippen LogP contribution in [0.1, 0.15) is 17.5 Å². The topological polar surface area (TPSA) is 63.6 Å². The van der Waals surface area contributed by atoms with Crippen LogP contribution in [0.5, 0.6) is 5.75 Å². The van der Waals surface area contributed by atoms with Crippen molar-refractivity contribution in [2.45, 2.75) is 19.3 Å². The van der Waals surface area contributed by atoms with E-state index in [1.165, 1.54) is 0 Å². The Morgan fingerprint density at radius 1 is 0.905 bits per heavy atom. The molecular weight excluding hydrogens is 268 g/mol. The van der Waals surface area contributed by atoms with Crippen LogP contribution in [-0.4, -0.2) is 17.0 Å². The van der Waals surface area contributed by atoms with Crippen molar-refractivity contribution in [2.24, 2.45) is 0 Å². The highest BCUT2D eigenvalue weighted by Crippen LogP contribution is 2.14. The van der Waals surface area contributed by atoms with Gasteiger partial charge in [-0.25, -0.2) is 0 Å². The number of hydrogen-bond acceptors (Lipinski definition) is 3. The van der Waals surface area contributed by atoms with Gasteiger partial charge < -0.3 is 9.84 Å². The van der Waals surface area contributed by atoms with E-state index in [0.29, 0.717) is 12.2 Å². The first-order valence-electron chi connectivity index (χ1n) is 6.69. The van der Waals surface area contributed by atoms with Crippen molar-refractivity contribution >= 4 is 11.9 Å². The standard InChI is InChI=1S/C17H16O4/c18-16(19)11-8-13-6-9-15(10-7-13)21-17(20)12-14-4-2-1-3-5-14/h1-7,9-10H,8,11-12H2,(H,18,19). The quantitative estimate of drug-likeness (QED) is 0.654. The van der Waals surface area contributed by atoms with E-state index in [1.54, 1.807) is 24.3 Å². The Hall–Kier alpha value is -2.62. The summed E-state index contributed by atoms with van der Waals surface area (Å²) in [6.07, 6.45) is 0.780. The van der Waals surface area contributed by atoms with Crippen LogP contribution in [0.2, 0.25) is 0 Å². The largest absolute Gasteiger partial charge is 0.481 e. The van der Waals surface area contributed by atoms with E-state index in [0.717, 1.165) is 11.1 Å². The van der Waals surface area contributed by atoms with Crippen molar-refractivity contribution < 1.29 is 19.4 Å². The predicted octanol–water partition coefficient (Wildman–Crippen LogP) is 2.85. The molecule has 0 radical (unpaired) electrons. The first-order valence-corrected chi connectivity index (χ1v) is 6.69. The molecule has 0 fully saturated rings. The van der Waals surface area contributed by atoms with Gasteiger partial charge in [-0.05, 0) is 29.7 Å². The van der Waals surface area contributed by atoms with Gasteiger partial charge in [0.2, 0.25) is 0 Å². The number of benzene rings is 2. The van der Waals surface area contributed by atoms with E-state index < -0.39 is 5.97 Å². The molecule has 1 N–H and O–H groups in total. The van der Waals surface area contributed by atoms with Crippen LogP contribution in [-0.2, 0) is 22.4 Å².